The van der Waals surface area contributed by atoms with Gasteiger partial charge in [0.15, 0.2) is 0 Å². The summed E-state index contributed by atoms with van der Waals surface area (Å²) in [6.07, 6.45) is 3.19. The van der Waals surface area contributed by atoms with E-state index in [0.717, 1.165) is 30.8 Å². The van der Waals surface area contributed by atoms with Crippen molar-refractivity contribution in [2.75, 3.05) is 0 Å². The van der Waals surface area contributed by atoms with E-state index in [1.807, 2.05) is 0 Å². The van der Waals surface area contributed by atoms with Gasteiger partial charge in [0.25, 0.3) is 5.91 Å². The first-order chi connectivity index (χ1) is 8.79. The van der Waals surface area contributed by atoms with Gasteiger partial charge in [-0.15, -0.1) is 0 Å². The molecule has 106 valence electrons. The van der Waals surface area contributed by atoms with Crippen LogP contribution >= 0.6 is 0 Å². The lowest BCUT2D eigenvalue weighted by Gasteiger charge is -2.29. The number of primary amides is 1. The maximum Gasteiger partial charge on any atom is 0.267 e. The normalized spacial score (nSPS) is 16.1. The molecular formula is C15H25N3O. The second-order valence-corrected chi connectivity index (χ2v) is 6.50. The molecule has 1 aromatic rings. The van der Waals surface area contributed by atoms with E-state index in [9.17, 15) is 4.79 Å². The number of rotatable bonds is 5. The first kappa shape index (κ1) is 14.1. The van der Waals surface area contributed by atoms with Crippen molar-refractivity contribution < 1.29 is 4.79 Å². The van der Waals surface area contributed by atoms with Crippen molar-refractivity contribution in [3.63, 3.8) is 0 Å². The Kier molecular flexibility index (Phi) is 3.45. The van der Waals surface area contributed by atoms with Crippen LogP contribution in [0.1, 0.15) is 87.7 Å². The second kappa shape index (κ2) is 4.66. The quantitative estimate of drug-likeness (QED) is 0.887. The topological polar surface area (TPSA) is 60.9 Å². The molecule has 1 fully saturated rings. The number of amides is 1. The van der Waals surface area contributed by atoms with Crippen molar-refractivity contribution in [2.24, 2.45) is 5.73 Å². The molecule has 0 aromatic carbocycles. The molecule has 1 amide bonds. The van der Waals surface area contributed by atoms with E-state index >= 15 is 0 Å². The third-order valence-corrected chi connectivity index (χ3v) is 4.11. The minimum atomic E-state index is -0.345. The van der Waals surface area contributed by atoms with Crippen LogP contribution in [0.15, 0.2) is 0 Å². The molecule has 0 saturated heterocycles. The Morgan fingerprint density at radius 2 is 2.05 bits per heavy atom. The van der Waals surface area contributed by atoms with Gasteiger partial charge in [-0.2, -0.15) is 0 Å². The van der Waals surface area contributed by atoms with Crippen LogP contribution in [-0.2, 0) is 5.54 Å². The number of carbonyl (C=O) groups excluding carboxylic acids is 1. The molecule has 0 radical (unpaired) electrons. The van der Waals surface area contributed by atoms with Gasteiger partial charge in [0, 0.05) is 17.4 Å². The number of nitrogens with zero attached hydrogens (tertiary/aromatic N) is 2. The van der Waals surface area contributed by atoms with E-state index in [1.165, 1.54) is 0 Å². The number of hydrogen-bond donors (Lipinski definition) is 1. The molecule has 1 aliphatic carbocycles. The Morgan fingerprint density at radius 3 is 2.42 bits per heavy atom. The van der Waals surface area contributed by atoms with Crippen molar-refractivity contribution in [1.82, 2.24) is 9.55 Å². The standard InChI is InChI=1S/C15H25N3O/c1-6-15(4,5)18-12(13(16)19)11(10-7-8-10)17-14(18)9(2)3/h9-10H,6-8H2,1-5H3,(H2,16,19). The lowest BCUT2D eigenvalue weighted by atomic mass is 9.99. The zero-order valence-corrected chi connectivity index (χ0v) is 12.7. The molecule has 0 aliphatic heterocycles. The van der Waals surface area contributed by atoms with Gasteiger partial charge in [-0.3, -0.25) is 4.79 Å². The summed E-state index contributed by atoms with van der Waals surface area (Å²) in [5.74, 6) is 1.37. The number of imidazole rings is 1. The smallest absolute Gasteiger partial charge is 0.267 e. The Labute approximate surface area is 115 Å². The molecule has 0 unspecified atom stereocenters. The monoisotopic (exact) mass is 263 g/mol. The largest absolute Gasteiger partial charge is 0.364 e. The number of hydrogen-bond acceptors (Lipinski definition) is 2. The van der Waals surface area contributed by atoms with Gasteiger partial charge in [-0.1, -0.05) is 20.8 Å². The molecule has 0 spiro atoms. The van der Waals surface area contributed by atoms with Gasteiger partial charge < -0.3 is 10.3 Å². The number of carbonyl (C=O) groups is 1. The lowest BCUT2D eigenvalue weighted by molar-refractivity contribution is 0.0982. The highest BCUT2D eigenvalue weighted by molar-refractivity contribution is 5.93. The van der Waals surface area contributed by atoms with Gasteiger partial charge in [-0.25, -0.2) is 4.98 Å². The fourth-order valence-electron chi connectivity index (χ4n) is 2.49. The summed E-state index contributed by atoms with van der Waals surface area (Å²) in [4.78, 5) is 16.7. The van der Waals surface area contributed by atoms with E-state index in [1.54, 1.807) is 0 Å². The summed E-state index contributed by atoms with van der Waals surface area (Å²) in [7, 11) is 0. The summed E-state index contributed by atoms with van der Waals surface area (Å²) >= 11 is 0. The molecule has 1 heterocycles. The van der Waals surface area contributed by atoms with Crippen LogP contribution in [-0.4, -0.2) is 15.5 Å². The molecule has 1 aliphatic rings. The van der Waals surface area contributed by atoms with Crippen LogP contribution in [0.5, 0.6) is 0 Å². The average Bonchev–Trinajstić information content (AvgIpc) is 3.07. The summed E-state index contributed by atoms with van der Waals surface area (Å²) in [6.45, 7) is 10.6. The summed E-state index contributed by atoms with van der Waals surface area (Å²) in [6, 6.07) is 0. The van der Waals surface area contributed by atoms with E-state index in [-0.39, 0.29) is 17.4 Å². The predicted octanol–water partition coefficient (Wildman–Crippen LogP) is 3.13. The molecule has 0 atom stereocenters. The first-order valence-electron chi connectivity index (χ1n) is 7.22. The highest BCUT2D eigenvalue weighted by Gasteiger charge is 2.37. The Morgan fingerprint density at radius 1 is 1.47 bits per heavy atom. The van der Waals surface area contributed by atoms with Crippen LogP contribution in [0.2, 0.25) is 0 Å². The van der Waals surface area contributed by atoms with E-state index in [0.29, 0.717) is 11.6 Å². The molecule has 19 heavy (non-hydrogen) atoms. The van der Waals surface area contributed by atoms with Crippen LogP contribution < -0.4 is 5.73 Å². The van der Waals surface area contributed by atoms with Crippen LogP contribution in [0.4, 0.5) is 0 Å². The van der Waals surface area contributed by atoms with E-state index in [2.05, 4.69) is 39.2 Å². The zero-order chi connectivity index (χ0) is 14.4. The molecule has 1 aromatic heterocycles. The Bertz CT molecular complexity index is 496. The molecule has 2 N–H and O–H groups in total. The Hall–Kier alpha value is -1.32. The van der Waals surface area contributed by atoms with Gasteiger partial charge in [0.1, 0.15) is 11.5 Å². The summed E-state index contributed by atoms with van der Waals surface area (Å²) in [5, 5.41) is 0. The fourth-order valence-corrected chi connectivity index (χ4v) is 2.49. The fraction of sp³-hybridized carbons (Fsp3) is 0.733. The van der Waals surface area contributed by atoms with E-state index < -0.39 is 0 Å². The minimum absolute atomic E-state index is 0.135. The molecular weight excluding hydrogens is 238 g/mol. The first-order valence-corrected chi connectivity index (χ1v) is 7.22. The Balaban J connectivity index is 2.68. The van der Waals surface area contributed by atoms with Gasteiger partial charge in [0.05, 0.1) is 5.69 Å². The SMILES string of the molecule is CCC(C)(C)n1c(C(C)C)nc(C2CC2)c1C(N)=O. The van der Waals surface area contributed by atoms with E-state index in [4.69, 9.17) is 10.7 Å². The second-order valence-electron chi connectivity index (χ2n) is 6.50. The summed E-state index contributed by atoms with van der Waals surface area (Å²) in [5.41, 5.74) is 7.08. The average molecular weight is 263 g/mol. The van der Waals surface area contributed by atoms with Crippen LogP contribution in [0.25, 0.3) is 0 Å². The van der Waals surface area contributed by atoms with Crippen molar-refractivity contribution in [2.45, 2.75) is 71.3 Å². The third-order valence-electron chi connectivity index (χ3n) is 4.11. The van der Waals surface area contributed by atoms with Crippen molar-refractivity contribution in [3.8, 4) is 0 Å². The van der Waals surface area contributed by atoms with Crippen molar-refractivity contribution in [3.05, 3.63) is 17.2 Å². The predicted molar refractivity (Wildman–Crippen MR) is 76.4 cm³/mol. The summed E-state index contributed by atoms with van der Waals surface area (Å²) < 4.78 is 2.09. The molecule has 4 nitrogen and oxygen atoms in total. The lowest BCUT2D eigenvalue weighted by Crippen LogP contribution is -2.32. The highest BCUT2D eigenvalue weighted by atomic mass is 16.1. The van der Waals surface area contributed by atoms with Gasteiger partial charge in [0.2, 0.25) is 0 Å². The zero-order valence-electron chi connectivity index (χ0n) is 12.7. The van der Waals surface area contributed by atoms with Gasteiger partial charge >= 0.3 is 0 Å². The maximum atomic E-state index is 11.9. The third kappa shape index (κ3) is 2.40. The van der Waals surface area contributed by atoms with Gasteiger partial charge in [-0.05, 0) is 33.1 Å². The van der Waals surface area contributed by atoms with Crippen molar-refractivity contribution >= 4 is 5.91 Å². The highest BCUT2D eigenvalue weighted by Crippen LogP contribution is 2.43. The van der Waals surface area contributed by atoms with Crippen LogP contribution in [0, 0.1) is 0 Å². The maximum absolute atomic E-state index is 11.9. The number of nitrogens with two attached hydrogens (primary N) is 1. The van der Waals surface area contributed by atoms with Crippen LogP contribution in [0.3, 0.4) is 0 Å². The number of aromatic nitrogens is 2. The molecule has 1 saturated carbocycles. The van der Waals surface area contributed by atoms with Crippen molar-refractivity contribution in [1.29, 1.82) is 0 Å². The molecule has 2 rings (SSSR count). The minimum Gasteiger partial charge on any atom is -0.364 e. The molecule has 4 heteroatoms. The molecule has 0 bridgehead atoms.